The molecule has 1 atom stereocenters. The Bertz CT molecular complexity index is 859. The summed E-state index contributed by atoms with van der Waals surface area (Å²) in [5.41, 5.74) is 2.52. The zero-order valence-corrected chi connectivity index (χ0v) is 14.5. The molecule has 0 fully saturated rings. The predicted octanol–water partition coefficient (Wildman–Crippen LogP) is 3.31. The zero-order valence-electron chi connectivity index (χ0n) is 14.5. The predicted molar refractivity (Wildman–Crippen MR) is 97.0 cm³/mol. The first-order valence-electron chi connectivity index (χ1n) is 8.17. The van der Waals surface area contributed by atoms with Gasteiger partial charge in [-0.15, -0.1) is 0 Å². The molecule has 6 nitrogen and oxygen atoms in total. The van der Waals surface area contributed by atoms with E-state index in [0.29, 0.717) is 17.2 Å². The van der Waals surface area contributed by atoms with E-state index in [4.69, 9.17) is 14.2 Å². The molecular formula is C20H19NO5. The van der Waals surface area contributed by atoms with E-state index in [1.165, 1.54) is 13.0 Å². The molecule has 1 aliphatic rings. The molecule has 1 heterocycles. The van der Waals surface area contributed by atoms with Gasteiger partial charge in [0.2, 0.25) is 6.79 Å². The molecule has 2 aromatic rings. The van der Waals surface area contributed by atoms with Crippen LogP contribution in [0.4, 0.5) is 5.69 Å². The van der Waals surface area contributed by atoms with Crippen molar-refractivity contribution in [2.75, 3.05) is 12.1 Å². The van der Waals surface area contributed by atoms with Crippen molar-refractivity contribution in [3.8, 4) is 11.5 Å². The maximum absolute atomic E-state index is 12.2. The number of ether oxygens (including phenoxy) is 3. The summed E-state index contributed by atoms with van der Waals surface area (Å²) in [7, 11) is 0. The Morgan fingerprint density at radius 1 is 1.15 bits per heavy atom. The number of anilines is 1. The average Bonchev–Trinajstić information content (AvgIpc) is 3.07. The minimum absolute atomic E-state index is 0.161. The van der Waals surface area contributed by atoms with Gasteiger partial charge in [-0.3, -0.25) is 4.79 Å². The molecule has 0 unspecified atom stereocenters. The molecule has 0 bridgehead atoms. The van der Waals surface area contributed by atoms with Crippen LogP contribution in [-0.4, -0.2) is 24.8 Å². The van der Waals surface area contributed by atoms with Gasteiger partial charge in [-0.1, -0.05) is 29.8 Å². The number of hydrogen-bond donors (Lipinski definition) is 1. The van der Waals surface area contributed by atoms with Gasteiger partial charge in [0.1, 0.15) is 0 Å². The van der Waals surface area contributed by atoms with Gasteiger partial charge in [0.15, 0.2) is 17.6 Å². The molecule has 1 amide bonds. The highest BCUT2D eigenvalue weighted by Crippen LogP contribution is 2.34. The van der Waals surface area contributed by atoms with Crippen molar-refractivity contribution in [3.05, 3.63) is 59.7 Å². The summed E-state index contributed by atoms with van der Waals surface area (Å²) in [6, 6.07) is 12.8. The highest BCUT2D eigenvalue weighted by Gasteiger charge is 2.19. The molecule has 0 spiro atoms. The smallest absolute Gasteiger partial charge is 0.331 e. The lowest BCUT2D eigenvalue weighted by atomic mass is 10.1. The van der Waals surface area contributed by atoms with Gasteiger partial charge in [0.25, 0.3) is 5.91 Å². The van der Waals surface area contributed by atoms with Crippen LogP contribution >= 0.6 is 0 Å². The summed E-state index contributed by atoms with van der Waals surface area (Å²) >= 11 is 0. The normalized spacial score (nSPS) is 13.5. The fourth-order valence-electron chi connectivity index (χ4n) is 2.42. The summed E-state index contributed by atoms with van der Waals surface area (Å²) in [5.74, 6) is 0.179. The number of hydrogen-bond acceptors (Lipinski definition) is 5. The summed E-state index contributed by atoms with van der Waals surface area (Å²) in [4.78, 5) is 24.1. The first kappa shape index (κ1) is 17.5. The van der Waals surface area contributed by atoms with Crippen LogP contribution in [0.5, 0.6) is 11.5 Å². The van der Waals surface area contributed by atoms with Crippen molar-refractivity contribution in [2.24, 2.45) is 0 Å². The van der Waals surface area contributed by atoms with E-state index in [2.05, 4.69) is 5.32 Å². The molecule has 1 aliphatic heterocycles. The van der Waals surface area contributed by atoms with Gasteiger partial charge in [0.05, 0.1) is 0 Å². The molecule has 134 valence electrons. The van der Waals surface area contributed by atoms with Crippen LogP contribution in [0, 0.1) is 6.92 Å². The Balaban J connectivity index is 1.54. The minimum atomic E-state index is -0.935. The monoisotopic (exact) mass is 353 g/mol. The molecule has 1 N–H and O–H groups in total. The second-order valence-corrected chi connectivity index (χ2v) is 5.88. The third kappa shape index (κ3) is 4.42. The first-order chi connectivity index (χ1) is 12.5. The SMILES string of the molecule is Cc1cccc(/C=C/C(=O)O[C@@H](C)C(=O)Nc2ccc3c(c2)OCO3)c1. The lowest BCUT2D eigenvalue weighted by molar-refractivity contribution is -0.148. The zero-order chi connectivity index (χ0) is 18.5. The van der Waals surface area contributed by atoms with Crippen molar-refractivity contribution in [3.63, 3.8) is 0 Å². The van der Waals surface area contributed by atoms with Crippen LogP contribution in [0.25, 0.3) is 6.08 Å². The topological polar surface area (TPSA) is 73.9 Å². The molecule has 2 aromatic carbocycles. The maximum Gasteiger partial charge on any atom is 0.331 e. The van der Waals surface area contributed by atoms with Gasteiger partial charge in [0, 0.05) is 17.8 Å². The Morgan fingerprint density at radius 2 is 1.96 bits per heavy atom. The molecule has 6 heteroatoms. The number of amides is 1. The van der Waals surface area contributed by atoms with E-state index in [9.17, 15) is 9.59 Å². The summed E-state index contributed by atoms with van der Waals surface area (Å²) in [5, 5.41) is 2.68. The van der Waals surface area contributed by atoms with Gasteiger partial charge in [-0.25, -0.2) is 4.79 Å². The van der Waals surface area contributed by atoms with Crippen LogP contribution in [0.1, 0.15) is 18.1 Å². The molecular weight excluding hydrogens is 334 g/mol. The fraction of sp³-hybridized carbons (Fsp3) is 0.200. The van der Waals surface area contributed by atoms with Crippen molar-refractivity contribution in [2.45, 2.75) is 20.0 Å². The third-order valence-electron chi connectivity index (χ3n) is 3.76. The Labute approximate surface area is 151 Å². The summed E-state index contributed by atoms with van der Waals surface area (Å²) < 4.78 is 15.6. The molecule has 0 radical (unpaired) electrons. The number of rotatable bonds is 5. The van der Waals surface area contributed by atoms with Crippen LogP contribution in [-0.2, 0) is 14.3 Å². The van der Waals surface area contributed by atoms with Gasteiger partial charge >= 0.3 is 5.97 Å². The number of benzene rings is 2. The lowest BCUT2D eigenvalue weighted by Gasteiger charge is -2.12. The van der Waals surface area contributed by atoms with Crippen LogP contribution in [0.3, 0.4) is 0 Å². The maximum atomic E-state index is 12.2. The molecule has 0 saturated heterocycles. The number of nitrogens with one attached hydrogen (secondary N) is 1. The van der Waals surface area contributed by atoms with Crippen LogP contribution < -0.4 is 14.8 Å². The number of fused-ring (bicyclic) bond motifs is 1. The third-order valence-corrected chi connectivity index (χ3v) is 3.76. The molecule has 26 heavy (non-hydrogen) atoms. The van der Waals surface area contributed by atoms with Crippen molar-refractivity contribution >= 4 is 23.6 Å². The standard InChI is InChI=1S/C20H19NO5/c1-13-4-3-5-15(10-13)6-9-19(22)26-14(2)20(23)21-16-7-8-17-18(11-16)25-12-24-17/h3-11,14H,12H2,1-2H3,(H,21,23)/b9-6+/t14-/m0/s1. The van der Waals surface area contributed by atoms with Gasteiger partial charge in [-0.05, 0) is 37.6 Å². The summed E-state index contributed by atoms with van der Waals surface area (Å²) in [6.45, 7) is 3.65. The van der Waals surface area contributed by atoms with E-state index in [1.807, 2.05) is 31.2 Å². The van der Waals surface area contributed by atoms with Gasteiger partial charge in [-0.2, -0.15) is 0 Å². The Kier molecular flexibility index (Phi) is 5.22. The van der Waals surface area contributed by atoms with E-state index in [0.717, 1.165) is 11.1 Å². The molecule has 0 saturated carbocycles. The summed E-state index contributed by atoms with van der Waals surface area (Å²) in [6.07, 6.45) is 2.02. The Morgan fingerprint density at radius 3 is 2.77 bits per heavy atom. The highest BCUT2D eigenvalue weighted by atomic mass is 16.7. The quantitative estimate of drug-likeness (QED) is 0.659. The van der Waals surface area contributed by atoms with Crippen LogP contribution in [0.15, 0.2) is 48.5 Å². The first-order valence-corrected chi connectivity index (χ1v) is 8.17. The largest absolute Gasteiger partial charge is 0.454 e. The van der Waals surface area contributed by atoms with E-state index < -0.39 is 18.0 Å². The average molecular weight is 353 g/mol. The van der Waals surface area contributed by atoms with E-state index in [-0.39, 0.29) is 6.79 Å². The number of esters is 1. The Hall–Kier alpha value is -3.28. The number of carbonyl (C=O) groups excluding carboxylic acids is 2. The van der Waals surface area contributed by atoms with Gasteiger partial charge < -0.3 is 19.5 Å². The van der Waals surface area contributed by atoms with E-state index >= 15 is 0 Å². The van der Waals surface area contributed by atoms with E-state index in [1.54, 1.807) is 24.3 Å². The van der Waals surface area contributed by atoms with Crippen LogP contribution in [0.2, 0.25) is 0 Å². The van der Waals surface area contributed by atoms with Crippen molar-refractivity contribution in [1.82, 2.24) is 0 Å². The number of aryl methyl sites for hydroxylation is 1. The minimum Gasteiger partial charge on any atom is -0.454 e. The lowest BCUT2D eigenvalue weighted by Crippen LogP contribution is -2.29. The molecule has 3 rings (SSSR count). The second kappa shape index (κ2) is 7.74. The van der Waals surface area contributed by atoms with Crippen molar-refractivity contribution in [1.29, 1.82) is 0 Å². The molecule has 0 aliphatic carbocycles. The highest BCUT2D eigenvalue weighted by molar-refractivity contribution is 5.96. The second-order valence-electron chi connectivity index (χ2n) is 5.88. The fourth-order valence-corrected chi connectivity index (χ4v) is 2.42. The molecule has 0 aromatic heterocycles. The van der Waals surface area contributed by atoms with Crippen molar-refractivity contribution < 1.29 is 23.8 Å². The number of carbonyl (C=O) groups is 2.